The van der Waals surface area contributed by atoms with E-state index in [-0.39, 0.29) is 23.3 Å². The maximum atomic E-state index is 10.6. The highest BCUT2D eigenvalue weighted by molar-refractivity contribution is 6.26. The molecule has 0 aliphatic carbocycles. The Morgan fingerprint density at radius 3 is 1.04 bits per heavy atom. The Morgan fingerprint density at radius 2 is 0.674 bits per heavy atom. The molecule has 0 aromatic heterocycles. The molecule has 0 radical (unpaired) electrons. The number of phenols is 2. The number of phenolic OH excluding ortho intramolecular Hbond substituents is 2. The highest BCUT2D eigenvalue weighted by Crippen LogP contribution is 2.44. The van der Waals surface area contributed by atoms with Gasteiger partial charge in [-0.1, -0.05) is 121 Å². The van der Waals surface area contributed by atoms with E-state index in [1.165, 1.54) is 0 Å². The second-order valence-electron chi connectivity index (χ2n) is 12.2. The largest absolute Gasteiger partial charge is 0.507 e. The van der Waals surface area contributed by atoms with Gasteiger partial charge in [-0.2, -0.15) is 0 Å². The molecule has 9 aromatic rings. The van der Waals surface area contributed by atoms with E-state index >= 15 is 0 Å². The van der Waals surface area contributed by atoms with Crippen LogP contribution in [0.2, 0.25) is 0 Å². The number of hydrogen-bond donors (Lipinski definition) is 2. The van der Waals surface area contributed by atoms with Crippen molar-refractivity contribution in [1.82, 2.24) is 0 Å². The fourth-order valence-corrected chi connectivity index (χ4v) is 7.73. The molecule has 0 heterocycles. The van der Waals surface area contributed by atoms with E-state index in [2.05, 4.69) is 96.8 Å². The third-order valence-electron chi connectivity index (χ3n) is 9.91. The van der Waals surface area contributed by atoms with Crippen LogP contribution in [-0.2, 0) is 0 Å². The van der Waals surface area contributed by atoms with Gasteiger partial charge in [0.25, 0.3) is 0 Å². The third-order valence-corrected chi connectivity index (χ3v) is 9.91. The first-order chi connectivity index (χ1) is 22.6. The van der Waals surface area contributed by atoms with Gasteiger partial charge in [-0.15, -0.1) is 12.8 Å². The van der Waals surface area contributed by atoms with E-state index in [0.29, 0.717) is 0 Å². The Labute approximate surface area is 265 Å². The number of benzene rings is 9. The molecule has 2 N–H and O–H groups in total. The number of terminal acetylenes is 2. The van der Waals surface area contributed by atoms with Crippen molar-refractivity contribution >= 4 is 64.6 Å². The molecule has 0 saturated heterocycles. The molecule has 0 bridgehead atoms. The van der Waals surface area contributed by atoms with Crippen molar-refractivity contribution in [3.8, 4) is 36.2 Å². The zero-order valence-electron chi connectivity index (χ0n) is 24.8. The molecule has 2 heteroatoms. The average Bonchev–Trinajstić information content (AvgIpc) is 3.10. The summed E-state index contributed by atoms with van der Waals surface area (Å²) in [5.74, 6) is 6.15. The minimum absolute atomic E-state index is 0.265. The molecular formula is C44H26O2. The molecule has 0 aliphatic heterocycles. The van der Waals surface area contributed by atoms with Crippen LogP contribution in [0.3, 0.4) is 0 Å². The van der Waals surface area contributed by atoms with Crippen LogP contribution >= 0.6 is 0 Å². The van der Waals surface area contributed by atoms with Crippen molar-refractivity contribution < 1.29 is 10.2 Å². The summed E-state index contributed by atoms with van der Waals surface area (Å²) in [4.78, 5) is 0. The molecule has 46 heavy (non-hydrogen) atoms. The highest BCUT2D eigenvalue weighted by atomic mass is 16.3. The quantitative estimate of drug-likeness (QED) is 0.159. The van der Waals surface area contributed by atoms with Crippen molar-refractivity contribution in [3.63, 3.8) is 0 Å². The van der Waals surface area contributed by atoms with Gasteiger partial charge in [0, 0.05) is 21.5 Å². The van der Waals surface area contributed by atoms with E-state index in [1.54, 1.807) is 12.1 Å². The summed E-state index contributed by atoms with van der Waals surface area (Å²) in [7, 11) is 0. The maximum Gasteiger partial charge on any atom is 0.123 e. The summed E-state index contributed by atoms with van der Waals surface area (Å²) in [6, 6.07) is 41.0. The normalized spacial score (nSPS) is 13.2. The highest BCUT2D eigenvalue weighted by Gasteiger charge is 2.21. The summed E-state index contributed by atoms with van der Waals surface area (Å²) in [5, 5.41) is 33.9. The van der Waals surface area contributed by atoms with Gasteiger partial charge in [0.2, 0.25) is 0 Å². The van der Waals surface area contributed by atoms with Crippen LogP contribution in [0, 0.1) is 24.7 Å². The Kier molecular flexibility index (Phi) is 5.49. The van der Waals surface area contributed by atoms with Crippen molar-refractivity contribution in [2.24, 2.45) is 0 Å². The van der Waals surface area contributed by atoms with Crippen molar-refractivity contribution in [2.75, 3.05) is 0 Å². The molecule has 9 rings (SSSR count). The minimum Gasteiger partial charge on any atom is -0.507 e. The smallest absolute Gasteiger partial charge is 0.123 e. The first kappa shape index (κ1) is 26.2. The number of aromatic hydroxyl groups is 2. The number of rotatable bonds is 4. The monoisotopic (exact) mass is 586 g/mol. The predicted octanol–water partition coefficient (Wildman–Crippen LogP) is 10.4. The van der Waals surface area contributed by atoms with Gasteiger partial charge in [-0.05, 0) is 77.5 Å². The standard InChI is InChI=1S/C44H26O2/c1-3-31(33-17-9-27-13-21-37-39(45)23-15-29-11-19-35(33)41(27)43(29)37)25-5-7-26(8-6-25)32(4-2)34-18-10-28-14-22-38-40(46)24-16-30-12-20-36(34)42(28)44(30)38/h1-2,5-24,31-32,45-46H. The van der Waals surface area contributed by atoms with Crippen LogP contribution in [-0.4, -0.2) is 10.2 Å². The summed E-state index contributed by atoms with van der Waals surface area (Å²) < 4.78 is 0. The lowest BCUT2D eigenvalue weighted by Gasteiger charge is -2.20. The Bertz CT molecular complexity index is 2550. The van der Waals surface area contributed by atoms with Gasteiger partial charge >= 0.3 is 0 Å². The lowest BCUT2D eigenvalue weighted by molar-refractivity contribution is 0.481. The summed E-state index contributed by atoms with van der Waals surface area (Å²) >= 11 is 0. The fourth-order valence-electron chi connectivity index (χ4n) is 7.73. The van der Waals surface area contributed by atoms with Gasteiger partial charge in [0.15, 0.2) is 0 Å². The molecule has 2 nitrogen and oxygen atoms in total. The van der Waals surface area contributed by atoms with Crippen molar-refractivity contribution in [2.45, 2.75) is 11.8 Å². The van der Waals surface area contributed by atoms with Crippen molar-refractivity contribution in [3.05, 3.63) is 144 Å². The predicted molar refractivity (Wildman–Crippen MR) is 191 cm³/mol. The first-order valence-corrected chi connectivity index (χ1v) is 15.4. The molecule has 0 amide bonds. The van der Waals surface area contributed by atoms with Crippen molar-refractivity contribution in [1.29, 1.82) is 0 Å². The zero-order chi connectivity index (χ0) is 31.1. The van der Waals surface area contributed by atoms with Crippen LogP contribution in [0.5, 0.6) is 11.5 Å². The van der Waals surface area contributed by atoms with Crippen LogP contribution in [0.4, 0.5) is 0 Å². The molecule has 0 spiro atoms. The van der Waals surface area contributed by atoms with Crippen LogP contribution in [0.15, 0.2) is 121 Å². The SMILES string of the molecule is C#CC(c1ccc(C(C#C)c2ccc3ccc4c(O)ccc5ccc2c3c54)cc1)c1ccc2ccc3c(O)ccc4ccc1c2c43. The maximum absolute atomic E-state index is 10.6. The van der Waals surface area contributed by atoms with E-state index in [4.69, 9.17) is 12.8 Å². The topological polar surface area (TPSA) is 40.5 Å². The Hall–Kier alpha value is -6.22. The zero-order valence-corrected chi connectivity index (χ0v) is 24.8. The lowest BCUT2D eigenvalue weighted by atomic mass is 9.82. The van der Waals surface area contributed by atoms with Gasteiger partial charge in [-0.25, -0.2) is 0 Å². The van der Waals surface area contributed by atoms with Gasteiger partial charge in [-0.3, -0.25) is 0 Å². The van der Waals surface area contributed by atoms with Crippen LogP contribution in [0.1, 0.15) is 34.1 Å². The van der Waals surface area contributed by atoms with E-state index in [9.17, 15) is 10.2 Å². The molecule has 214 valence electrons. The molecule has 0 saturated carbocycles. The molecule has 0 fully saturated rings. The van der Waals surface area contributed by atoms with E-state index in [0.717, 1.165) is 86.9 Å². The molecule has 2 unspecified atom stereocenters. The average molecular weight is 587 g/mol. The van der Waals surface area contributed by atoms with Gasteiger partial charge in [0.1, 0.15) is 11.5 Å². The number of hydrogen-bond acceptors (Lipinski definition) is 2. The molecule has 0 aliphatic rings. The van der Waals surface area contributed by atoms with Crippen LogP contribution < -0.4 is 0 Å². The van der Waals surface area contributed by atoms with Gasteiger partial charge in [0.05, 0.1) is 11.8 Å². The van der Waals surface area contributed by atoms with E-state index < -0.39 is 0 Å². The third kappa shape index (κ3) is 3.56. The first-order valence-electron chi connectivity index (χ1n) is 15.4. The molecule has 9 aromatic carbocycles. The summed E-state index contributed by atoms with van der Waals surface area (Å²) in [6.07, 6.45) is 12.5. The van der Waals surface area contributed by atoms with E-state index in [1.807, 2.05) is 24.3 Å². The second-order valence-corrected chi connectivity index (χ2v) is 12.2. The molecular weight excluding hydrogens is 560 g/mol. The minimum atomic E-state index is -0.265. The lowest BCUT2D eigenvalue weighted by Crippen LogP contribution is -2.03. The van der Waals surface area contributed by atoms with Gasteiger partial charge < -0.3 is 10.2 Å². The summed E-state index contributed by atoms with van der Waals surface area (Å²) in [6.45, 7) is 0. The van der Waals surface area contributed by atoms with Crippen LogP contribution in [0.25, 0.3) is 64.6 Å². The fraction of sp³-hybridized carbons (Fsp3) is 0.0455. The second kappa shape index (κ2) is 9.64. The Morgan fingerprint density at radius 1 is 0.370 bits per heavy atom. The molecule has 2 atom stereocenters. The Balaban J connectivity index is 1.15. The summed E-state index contributed by atoms with van der Waals surface area (Å²) in [5.41, 5.74) is 4.16.